The summed E-state index contributed by atoms with van der Waals surface area (Å²) < 4.78 is 1.64. The quantitative estimate of drug-likeness (QED) is 0.809. The van der Waals surface area contributed by atoms with Gasteiger partial charge in [0.2, 0.25) is 5.95 Å². The Morgan fingerprint density at radius 1 is 1.50 bits per heavy atom. The van der Waals surface area contributed by atoms with Crippen molar-refractivity contribution < 1.29 is 9.90 Å². The molecule has 0 fully saturated rings. The van der Waals surface area contributed by atoms with E-state index in [0.717, 1.165) is 23.0 Å². The summed E-state index contributed by atoms with van der Waals surface area (Å²) in [5.41, 5.74) is 7.66. The number of nitrogens with zero attached hydrogens (tertiary/aromatic N) is 3. The van der Waals surface area contributed by atoms with Gasteiger partial charge in [-0.15, -0.1) is 10.2 Å². The molecular weight excluding hydrogens is 252 g/mol. The lowest BCUT2D eigenvalue weighted by molar-refractivity contribution is -0.133. The van der Waals surface area contributed by atoms with E-state index in [1.54, 1.807) is 4.57 Å². The molecule has 0 aliphatic carbocycles. The van der Waals surface area contributed by atoms with E-state index < -0.39 is 5.97 Å². The molecule has 2 rings (SSSR count). The van der Waals surface area contributed by atoms with Crippen LogP contribution in [0.1, 0.15) is 5.56 Å². The fraction of sp³-hybridized carbons (Fsp3) is 0.182. The molecule has 6 nitrogen and oxygen atoms in total. The van der Waals surface area contributed by atoms with Crippen LogP contribution in [0.3, 0.4) is 0 Å². The summed E-state index contributed by atoms with van der Waals surface area (Å²) in [5, 5.41) is 16.8. The summed E-state index contributed by atoms with van der Waals surface area (Å²) in [4.78, 5) is 10.6. The Labute approximate surface area is 108 Å². The van der Waals surface area contributed by atoms with Crippen LogP contribution in [0.4, 0.5) is 5.95 Å². The van der Waals surface area contributed by atoms with E-state index in [0.29, 0.717) is 5.16 Å². The van der Waals surface area contributed by atoms with Crippen LogP contribution in [0.25, 0.3) is 5.69 Å². The van der Waals surface area contributed by atoms with Crippen LogP contribution in [0.2, 0.25) is 0 Å². The molecule has 0 spiro atoms. The van der Waals surface area contributed by atoms with E-state index in [1.807, 2.05) is 31.2 Å². The van der Waals surface area contributed by atoms with Gasteiger partial charge in [-0.1, -0.05) is 23.9 Å². The van der Waals surface area contributed by atoms with Crippen LogP contribution in [0.15, 0.2) is 29.4 Å². The number of carbonyl (C=O) groups is 1. The highest BCUT2D eigenvalue weighted by atomic mass is 32.2. The van der Waals surface area contributed by atoms with Gasteiger partial charge >= 0.3 is 5.97 Å². The number of anilines is 1. The number of aryl methyl sites for hydroxylation is 1. The molecule has 0 bridgehead atoms. The second kappa shape index (κ2) is 5.09. The van der Waals surface area contributed by atoms with Gasteiger partial charge in [0, 0.05) is 0 Å². The third-order valence-corrected chi connectivity index (χ3v) is 3.16. The summed E-state index contributed by atoms with van der Waals surface area (Å²) in [6.07, 6.45) is 0. The van der Waals surface area contributed by atoms with Gasteiger partial charge in [-0.25, -0.2) is 0 Å². The van der Waals surface area contributed by atoms with Crippen molar-refractivity contribution in [3.8, 4) is 5.69 Å². The van der Waals surface area contributed by atoms with E-state index >= 15 is 0 Å². The molecule has 0 saturated carbocycles. The van der Waals surface area contributed by atoms with Crippen LogP contribution in [-0.4, -0.2) is 31.6 Å². The number of rotatable bonds is 4. The molecule has 3 N–H and O–H groups in total. The summed E-state index contributed by atoms with van der Waals surface area (Å²) in [6.45, 7) is 1.97. The molecule has 1 aromatic carbocycles. The summed E-state index contributed by atoms with van der Waals surface area (Å²) in [6, 6.07) is 7.67. The summed E-state index contributed by atoms with van der Waals surface area (Å²) in [7, 11) is 0. The van der Waals surface area contributed by atoms with Crippen molar-refractivity contribution in [3.63, 3.8) is 0 Å². The van der Waals surface area contributed by atoms with E-state index in [1.165, 1.54) is 0 Å². The highest BCUT2D eigenvalue weighted by Gasteiger charge is 2.13. The molecule has 0 aliphatic heterocycles. The number of nitrogens with two attached hydrogens (primary N) is 1. The first-order valence-corrected chi connectivity index (χ1v) is 6.19. The Morgan fingerprint density at radius 3 is 2.94 bits per heavy atom. The lowest BCUT2D eigenvalue weighted by atomic mass is 10.2. The average molecular weight is 264 g/mol. The number of hydrogen-bond acceptors (Lipinski definition) is 5. The van der Waals surface area contributed by atoms with Crippen molar-refractivity contribution in [2.45, 2.75) is 12.1 Å². The number of benzene rings is 1. The highest BCUT2D eigenvalue weighted by molar-refractivity contribution is 7.99. The van der Waals surface area contributed by atoms with Crippen molar-refractivity contribution in [2.24, 2.45) is 0 Å². The predicted octanol–water partition coefficient (Wildman–Crippen LogP) is 1.33. The molecule has 0 unspecified atom stereocenters. The topological polar surface area (TPSA) is 94.0 Å². The molecule has 1 aromatic heterocycles. The molecule has 18 heavy (non-hydrogen) atoms. The first-order chi connectivity index (χ1) is 8.58. The van der Waals surface area contributed by atoms with Crippen LogP contribution in [0, 0.1) is 6.92 Å². The molecular formula is C11H12N4O2S. The Hall–Kier alpha value is -2.02. The minimum Gasteiger partial charge on any atom is -0.481 e. The Balaban J connectivity index is 2.37. The Bertz CT molecular complexity index is 582. The molecule has 0 saturated heterocycles. The Kier molecular flexibility index (Phi) is 3.52. The van der Waals surface area contributed by atoms with Gasteiger partial charge in [0.1, 0.15) is 0 Å². The SMILES string of the molecule is Cc1cccc(-n2c(N)nnc2SCC(=O)O)c1. The second-order valence-electron chi connectivity index (χ2n) is 3.70. The lowest BCUT2D eigenvalue weighted by Crippen LogP contribution is -2.04. The molecule has 0 atom stereocenters. The first kappa shape index (κ1) is 12.4. The first-order valence-electron chi connectivity index (χ1n) is 5.20. The van der Waals surface area contributed by atoms with E-state index in [-0.39, 0.29) is 11.7 Å². The monoisotopic (exact) mass is 264 g/mol. The molecule has 0 aliphatic rings. The zero-order valence-corrected chi connectivity index (χ0v) is 10.5. The number of thioether (sulfide) groups is 1. The van der Waals surface area contributed by atoms with Crippen LogP contribution >= 0.6 is 11.8 Å². The maximum Gasteiger partial charge on any atom is 0.313 e. The minimum atomic E-state index is -0.905. The molecule has 2 aromatic rings. The predicted molar refractivity (Wildman–Crippen MR) is 68.9 cm³/mol. The number of hydrogen-bond donors (Lipinski definition) is 2. The van der Waals surface area contributed by atoms with Gasteiger partial charge in [-0.3, -0.25) is 9.36 Å². The van der Waals surface area contributed by atoms with Gasteiger partial charge < -0.3 is 10.8 Å². The van der Waals surface area contributed by atoms with Gasteiger partial charge in [0.15, 0.2) is 5.16 Å². The van der Waals surface area contributed by atoms with Gasteiger partial charge in [-0.2, -0.15) is 0 Å². The molecule has 94 valence electrons. The number of carboxylic acids is 1. The fourth-order valence-electron chi connectivity index (χ4n) is 1.51. The van der Waals surface area contributed by atoms with Crippen LogP contribution in [0.5, 0.6) is 0 Å². The number of nitrogen functional groups attached to an aromatic ring is 1. The number of carboxylic acid groups (broad SMARTS) is 1. The number of aliphatic carboxylic acids is 1. The van der Waals surface area contributed by atoms with E-state index in [2.05, 4.69) is 10.2 Å². The van der Waals surface area contributed by atoms with Crippen molar-refractivity contribution in [3.05, 3.63) is 29.8 Å². The smallest absolute Gasteiger partial charge is 0.313 e. The van der Waals surface area contributed by atoms with E-state index in [4.69, 9.17) is 10.8 Å². The maximum atomic E-state index is 10.6. The van der Waals surface area contributed by atoms with Crippen LogP contribution in [-0.2, 0) is 4.79 Å². The van der Waals surface area contributed by atoms with Gasteiger partial charge in [0.05, 0.1) is 11.4 Å². The van der Waals surface area contributed by atoms with Crippen LogP contribution < -0.4 is 5.73 Å². The molecule has 0 amide bonds. The van der Waals surface area contributed by atoms with Gasteiger partial charge in [-0.05, 0) is 24.6 Å². The van der Waals surface area contributed by atoms with Gasteiger partial charge in [0.25, 0.3) is 0 Å². The summed E-state index contributed by atoms with van der Waals surface area (Å²) >= 11 is 1.09. The third-order valence-electron chi connectivity index (χ3n) is 2.24. The van der Waals surface area contributed by atoms with Crippen molar-refractivity contribution in [2.75, 3.05) is 11.5 Å². The zero-order chi connectivity index (χ0) is 13.1. The largest absolute Gasteiger partial charge is 0.481 e. The van der Waals surface area contributed by atoms with Crippen molar-refractivity contribution >= 4 is 23.7 Å². The average Bonchev–Trinajstić information content (AvgIpc) is 2.68. The normalized spacial score (nSPS) is 10.5. The lowest BCUT2D eigenvalue weighted by Gasteiger charge is -2.07. The standard InChI is InChI=1S/C11H12N4O2S/c1-7-3-2-4-8(5-7)15-10(12)13-14-11(15)18-6-9(16)17/h2-5H,6H2,1H3,(H2,12,13)(H,16,17). The Morgan fingerprint density at radius 2 is 2.28 bits per heavy atom. The number of aromatic nitrogens is 3. The summed E-state index contributed by atoms with van der Waals surface area (Å²) in [5.74, 6) is -0.741. The maximum absolute atomic E-state index is 10.6. The highest BCUT2D eigenvalue weighted by Crippen LogP contribution is 2.23. The third kappa shape index (κ3) is 2.62. The second-order valence-corrected chi connectivity index (χ2v) is 4.64. The molecule has 0 radical (unpaired) electrons. The molecule has 1 heterocycles. The fourth-order valence-corrected chi connectivity index (χ4v) is 2.19. The minimum absolute atomic E-state index is 0.0794. The van der Waals surface area contributed by atoms with E-state index in [9.17, 15) is 4.79 Å². The molecule has 7 heteroatoms. The van der Waals surface area contributed by atoms with Crippen molar-refractivity contribution in [1.29, 1.82) is 0 Å². The zero-order valence-electron chi connectivity index (χ0n) is 9.70. The van der Waals surface area contributed by atoms with Crippen molar-refractivity contribution in [1.82, 2.24) is 14.8 Å².